The van der Waals surface area contributed by atoms with Crippen molar-refractivity contribution < 1.29 is 32.6 Å². The van der Waals surface area contributed by atoms with Crippen LogP contribution in [0.25, 0.3) is 11.3 Å². The largest absolute Gasteiger partial charge is 0.512 e. The molecule has 10 heteroatoms. The molecule has 126 valence electrons. The number of nitrogens with one attached hydrogen (secondary N) is 1. The molecule has 0 spiro atoms. The molecule has 1 amide bonds. The fourth-order valence-electron chi connectivity index (χ4n) is 1.80. The minimum Gasteiger partial charge on any atom is -0.449 e. The second-order valence-corrected chi connectivity index (χ2v) is 4.82. The number of benzene rings is 1. The minimum absolute atomic E-state index is 0.144. The molecule has 0 saturated heterocycles. The molecule has 0 bridgehead atoms. The molecule has 6 nitrogen and oxygen atoms in total. The summed E-state index contributed by atoms with van der Waals surface area (Å²) >= 11 is 5.86. The van der Waals surface area contributed by atoms with E-state index in [1.807, 2.05) is 0 Å². The van der Waals surface area contributed by atoms with Crippen molar-refractivity contribution in [2.45, 2.75) is 6.92 Å². The van der Waals surface area contributed by atoms with Crippen molar-refractivity contribution in [1.82, 2.24) is 4.98 Å². The molecule has 0 aliphatic carbocycles. The molecule has 0 fully saturated rings. The van der Waals surface area contributed by atoms with Crippen LogP contribution in [0, 0.1) is 17.5 Å². The number of nitrogens with zero attached hydrogens (tertiary/aromatic N) is 1. The number of amides is 1. The van der Waals surface area contributed by atoms with Crippen LogP contribution in [-0.4, -0.2) is 22.2 Å². The Kier molecular flexibility index (Phi) is 4.93. The van der Waals surface area contributed by atoms with Crippen molar-refractivity contribution in [3.63, 3.8) is 0 Å². The predicted octanol–water partition coefficient (Wildman–Crippen LogP) is 3.83. The summed E-state index contributed by atoms with van der Waals surface area (Å²) in [6, 6.07) is 2.63. The molecule has 1 aromatic carbocycles. The Balaban J connectivity index is 2.67. The van der Waals surface area contributed by atoms with Crippen LogP contribution in [0.2, 0.25) is 5.02 Å². The molecular weight excluding hydrogens is 353 g/mol. The number of carbonyl (C=O) groups excluding carboxylic acids is 1. The van der Waals surface area contributed by atoms with Crippen molar-refractivity contribution in [3.8, 4) is 17.1 Å². The van der Waals surface area contributed by atoms with Gasteiger partial charge in [-0.1, -0.05) is 11.6 Å². The van der Waals surface area contributed by atoms with Gasteiger partial charge in [0.1, 0.15) is 5.02 Å². The SMILES string of the molecule is CC(=O)Nc1cc(-c2ccc(F)c(F)c2F)nc(OC(=O)O)c1Cl. The van der Waals surface area contributed by atoms with Gasteiger partial charge in [0.15, 0.2) is 17.5 Å². The first-order valence-electron chi connectivity index (χ1n) is 6.23. The Morgan fingerprint density at radius 3 is 2.50 bits per heavy atom. The van der Waals surface area contributed by atoms with Crippen LogP contribution >= 0.6 is 11.6 Å². The molecule has 2 rings (SSSR count). The van der Waals surface area contributed by atoms with Gasteiger partial charge in [-0.05, 0) is 18.2 Å². The van der Waals surface area contributed by atoms with E-state index < -0.39 is 41.0 Å². The number of anilines is 1. The highest BCUT2D eigenvalue weighted by molar-refractivity contribution is 6.35. The highest BCUT2D eigenvalue weighted by Crippen LogP contribution is 2.36. The number of hydrogen-bond donors (Lipinski definition) is 2. The fraction of sp³-hybridized carbons (Fsp3) is 0.0714. The molecule has 0 radical (unpaired) electrons. The maximum Gasteiger partial charge on any atom is 0.512 e. The fourth-order valence-corrected chi connectivity index (χ4v) is 1.98. The van der Waals surface area contributed by atoms with E-state index in [2.05, 4.69) is 15.0 Å². The summed E-state index contributed by atoms with van der Waals surface area (Å²) in [5.41, 5.74) is -0.947. The van der Waals surface area contributed by atoms with Crippen LogP contribution < -0.4 is 10.1 Å². The molecule has 1 heterocycles. The lowest BCUT2D eigenvalue weighted by Crippen LogP contribution is -2.10. The van der Waals surface area contributed by atoms with Crippen LogP contribution in [0.3, 0.4) is 0 Å². The normalized spacial score (nSPS) is 10.4. The van der Waals surface area contributed by atoms with Crippen molar-refractivity contribution in [2.24, 2.45) is 0 Å². The summed E-state index contributed by atoms with van der Waals surface area (Å²) in [6.45, 7) is 1.15. The Morgan fingerprint density at radius 2 is 1.92 bits per heavy atom. The Morgan fingerprint density at radius 1 is 1.25 bits per heavy atom. The third kappa shape index (κ3) is 3.57. The lowest BCUT2D eigenvalue weighted by Gasteiger charge is -2.12. The molecule has 0 unspecified atom stereocenters. The van der Waals surface area contributed by atoms with E-state index in [1.54, 1.807) is 0 Å². The number of aromatic nitrogens is 1. The summed E-state index contributed by atoms with van der Waals surface area (Å²) < 4.78 is 44.7. The first-order valence-corrected chi connectivity index (χ1v) is 6.61. The average Bonchev–Trinajstić information content (AvgIpc) is 2.48. The van der Waals surface area contributed by atoms with Gasteiger partial charge in [-0.25, -0.2) is 22.9 Å². The van der Waals surface area contributed by atoms with Crippen LogP contribution in [0.1, 0.15) is 6.92 Å². The Hall–Kier alpha value is -2.81. The number of rotatable bonds is 3. The van der Waals surface area contributed by atoms with Crippen LogP contribution in [0.4, 0.5) is 23.7 Å². The molecule has 24 heavy (non-hydrogen) atoms. The molecule has 0 aliphatic heterocycles. The molecule has 0 atom stereocenters. The number of halogens is 4. The van der Waals surface area contributed by atoms with Gasteiger partial charge >= 0.3 is 6.16 Å². The number of carboxylic acid groups (broad SMARTS) is 1. The average molecular weight is 361 g/mol. The van der Waals surface area contributed by atoms with Crippen molar-refractivity contribution in [1.29, 1.82) is 0 Å². The van der Waals surface area contributed by atoms with Gasteiger partial charge in [-0.3, -0.25) is 4.79 Å². The highest BCUT2D eigenvalue weighted by Gasteiger charge is 2.21. The van der Waals surface area contributed by atoms with E-state index in [-0.39, 0.29) is 16.4 Å². The third-order valence-electron chi connectivity index (χ3n) is 2.73. The van der Waals surface area contributed by atoms with E-state index in [4.69, 9.17) is 16.7 Å². The van der Waals surface area contributed by atoms with Crippen molar-refractivity contribution >= 4 is 29.4 Å². The van der Waals surface area contributed by atoms with Gasteiger partial charge in [0.05, 0.1) is 11.4 Å². The minimum atomic E-state index is -1.76. The third-order valence-corrected chi connectivity index (χ3v) is 3.10. The Labute approximate surface area is 137 Å². The lowest BCUT2D eigenvalue weighted by molar-refractivity contribution is -0.114. The number of hydrogen-bond acceptors (Lipinski definition) is 4. The number of ether oxygens (including phenoxy) is 1. The standard InChI is InChI=1S/C14H8ClF3N2O4/c1-5(21)19-9-4-8(20-13(10(9)15)24-14(22)23)6-2-3-7(16)12(18)11(6)17/h2-4H,1H3,(H,22,23)(H,19,20,21). The summed E-state index contributed by atoms with van der Waals surface area (Å²) in [7, 11) is 0. The quantitative estimate of drug-likeness (QED) is 0.641. The second kappa shape index (κ2) is 6.75. The predicted molar refractivity (Wildman–Crippen MR) is 77.5 cm³/mol. The number of carbonyl (C=O) groups is 2. The van der Waals surface area contributed by atoms with Crippen molar-refractivity contribution in [2.75, 3.05) is 5.32 Å². The molecule has 0 aliphatic rings. The summed E-state index contributed by atoms with van der Waals surface area (Å²) in [6.07, 6.45) is -1.76. The zero-order valence-electron chi connectivity index (χ0n) is 11.9. The number of pyridine rings is 1. The first kappa shape index (κ1) is 17.5. The summed E-state index contributed by atoms with van der Waals surface area (Å²) in [4.78, 5) is 25.5. The van der Waals surface area contributed by atoms with Crippen LogP contribution in [0.15, 0.2) is 18.2 Å². The van der Waals surface area contributed by atoms with Gasteiger partial charge in [0.25, 0.3) is 0 Å². The van der Waals surface area contributed by atoms with Gasteiger partial charge in [-0.15, -0.1) is 0 Å². The summed E-state index contributed by atoms with van der Waals surface area (Å²) in [5, 5.41) is 10.6. The first-order chi connectivity index (χ1) is 11.2. The van der Waals surface area contributed by atoms with E-state index in [0.29, 0.717) is 6.07 Å². The molecular formula is C14H8ClF3N2O4. The Bertz CT molecular complexity index is 808. The van der Waals surface area contributed by atoms with Gasteiger partial charge in [-0.2, -0.15) is 0 Å². The maximum absolute atomic E-state index is 13.9. The highest BCUT2D eigenvalue weighted by atomic mass is 35.5. The van der Waals surface area contributed by atoms with Crippen molar-refractivity contribution in [3.05, 3.63) is 40.7 Å². The zero-order chi connectivity index (χ0) is 18.0. The second-order valence-electron chi connectivity index (χ2n) is 4.45. The van der Waals surface area contributed by atoms with Gasteiger partial charge in [0.2, 0.25) is 11.8 Å². The topological polar surface area (TPSA) is 88.5 Å². The van der Waals surface area contributed by atoms with Crippen LogP contribution in [-0.2, 0) is 4.79 Å². The molecule has 1 aromatic heterocycles. The molecule has 0 saturated carbocycles. The van der Waals surface area contributed by atoms with E-state index in [9.17, 15) is 22.8 Å². The van der Waals surface area contributed by atoms with Crippen LogP contribution in [0.5, 0.6) is 5.88 Å². The molecule has 2 N–H and O–H groups in total. The van der Waals surface area contributed by atoms with E-state index >= 15 is 0 Å². The smallest absolute Gasteiger partial charge is 0.449 e. The zero-order valence-corrected chi connectivity index (χ0v) is 12.6. The molecule has 2 aromatic rings. The maximum atomic E-state index is 13.9. The van der Waals surface area contributed by atoms with E-state index in [1.165, 1.54) is 0 Å². The monoisotopic (exact) mass is 360 g/mol. The summed E-state index contributed by atoms with van der Waals surface area (Å²) in [5.74, 6) is -5.91. The van der Waals surface area contributed by atoms with E-state index in [0.717, 1.165) is 19.1 Å². The van der Waals surface area contributed by atoms with Gasteiger partial charge < -0.3 is 15.2 Å². The van der Waals surface area contributed by atoms with Gasteiger partial charge in [0, 0.05) is 12.5 Å². The lowest BCUT2D eigenvalue weighted by atomic mass is 10.1.